The Balaban J connectivity index is 1.64. The van der Waals surface area contributed by atoms with Crippen LogP contribution >= 0.6 is 12.2 Å². The lowest BCUT2D eigenvalue weighted by Gasteiger charge is -2.30. The zero-order valence-electron chi connectivity index (χ0n) is 19.5. The minimum absolute atomic E-state index is 0.0687. The van der Waals surface area contributed by atoms with E-state index in [0.717, 1.165) is 11.4 Å². The number of hydrogen-bond acceptors (Lipinski definition) is 2. The number of halogens is 1. The summed E-state index contributed by atoms with van der Waals surface area (Å²) >= 11 is 5.85. The van der Waals surface area contributed by atoms with E-state index in [-0.39, 0.29) is 17.9 Å². The molecule has 1 aromatic carbocycles. The Kier molecular flexibility index (Phi) is 5.95. The molecule has 0 amide bonds. The lowest BCUT2D eigenvalue weighted by molar-refractivity contribution is 0.345. The molecule has 5 rings (SSSR count). The summed E-state index contributed by atoms with van der Waals surface area (Å²) in [6.07, 6.45) is 8.23. The molecule has 172 valence electrons. The van der Waals surface area contributed by atoms with Crippen LogP contribution in [0.3, 0.4) is 0 Å². The SMILES string of the molecule is Cc1cc(N2C(=S)N[C@H](c3ccccn3)[C@H]2c2cc(C)n(C3CCCCC3)c2C)ccc1F. The second-order valence-corrected chi connectivity index (χ2v) is 9.81. The molecule has 6 heteroatoms. The van der Waals surface area contributed by atoms with Gasteiger partial charge in [-0.15, -0.1) is 0 Å². The van der Waals surface area contributed by atoms with Crippen molar-refractivity contribution in [3.05, 3.63) is 82.7 Å². The third-order valence-corrected chi connectivity index (χ3v) is 7.61. The van der Waals surface area contributed by atoms with Crippen molar-refractivity contribution in [2.45, 2.75) is 71.0 Å². The second-order valence-electron chi connectivity index (χ2n) is 9.42. The number of nitrogens with zero attached hydrogens (tertiary/aromatic N) is 3. The summed E-state index contributed by atoms with van der Waals surface area (Å²) in [6, 6.07) is 14.0. The number of aryl methyl sites for hydroxylation is 2. The molecular weight excluding hydrogens is 431 g/mol. The van der Waals surface area contributed by atoms with Gasteiger partial charge in [-0.25, -0.2) is 4.39 Å². The third-order valence-electron chi connectivity index (χ3n) is 7.30. The van der Waals surface area contributed by atoms with Gasteiger partial charge < -0.3 is 14.8 Å². The molecule has 4 nitrogen and oxygen atoms in total. The Morgan fingerprint density at radius 1 is 1.03 bits per heavy atom. The first kappa shape index (κ1) is 22.1. The van der Waals surface area contributed by atoms with E-state index in [1.54, 1.807) is 6.92 Å². The second kappa shape index (κ2) is 8.90. The van der Waals surface area contributed by atoms with E-state index in [1.165, 1.54) is 55.1 Å². The summed E-state index contributed by atoms with van der Waals surface area (Å²) in [4.78, 5) is 6.81. The molecule has 3 aromatic rings. The van der Waals surface area contributed by atoms with Crippen LogP contribution in [0.25, 0.3) is 0 Å². The quantitative estimate of drug-likeness (QED) is 0.441. The predicted molar refractivity (Wildman–Crippen MR) is 135 cm³/mol. The zero-order valence-corrected chi connectivity index (χ0v) is 20.3. The average molecular weight is 463 g/mol. The van der Waals surface area contributed by atoms with Crippen LogP contribution in [0.2, 0.25) is 0 Å². The van der Waals surface area contributed by atoms with E-state index in [0.29, 0.717) is 16.7 Å². The summed E-state index contributed by atoms with van der Waals surface area (Å²) in [5.74, 6) is -0.204. The normalized spacial score (nSPS) is 21.5. The third kappa shape index (κ3) is 3.95. The van der Waals surface area contributed by atoms with Crippen LogP contribution in [-0.2, 0) is 0 Å². The van der Waals surface area contributed by atoms with E-state index >= 15 is 0 Å². The topological polar surface area (TPSA) is 33.1 Å². The minimum Gasteiger partial charge on any atom is -0.351 e. The van der Waals surface area contributed by atoms with Gasteiger partial charge in [0.2, 0.25) is 0 Å². The molecule has 2 fully saturated rings. The lowest BCUT2D eigenvalue weighted by atomic mass is 9.94. The number of anilines is 1. The fourth-order valence-electron chi connectivity index (χ4n) is 5.73. The van der Waals surface area contributed by atoms with Gasteiger partial charge in [-0.05, 0) is 93.4 Å². The Labute approximate surface area is 200 Å². The van der Waals surface area contributed by atoms with Crippen LogP contribution in [0.5, 0.6) is 0 Å². The monoisotopic (exact) mass is 462 g/mol. The summed E-state index contributed by atoms with van der Waals surface area (Å²) in [6.45, 7) is 6.25. The maximum Gasteiger partial charge on any atom is 0.174 e. The van der Waals surface area contributed by atoms with Crippen LogP contribution in [-0.4, -0.2) is 14.7 Å². The number of hydrogen-bond donors (Lipinski definition) is 1. The van der Waals surface area contributed by atoms with Crippen molar-refractivity contribution in [2.24, 2.45) is 0 Å². The van der Waals surface area contributed by atoms with Crippen molar-refractivity contribution in [2.75, 3.05) is 4.90 Å². The van der Waals surface area contributed by atoms with Crippen LogP contribution in [0.15, 0.2) is 48.7 Å². The van der Waals surface area contributed by atoms with E-state index in [9.17, 15) is 4.39 Å². The van der Waals surface area contributed by atoms with E-state index < -0.39 is 0 Å². The summed E-state index contributed by atoms with van der Waals surface area (Å²) < 4.78 is 16.6. The first-order chi connectivity index (χ1) is 16.0. The van der Waals surface area contributed by atoms with Crippen LogP contribution in [0.1, 0.15) is 78.4 Å². The van der Waals surface area contributed by atoms with E-state index in [4.69, 9.17) is 12.2 Å². The van der Waals surface area contributed by atoms with Crippen molar-refractivity contribution in [3.8, 4) is 0 Å². The highest BCUT2D eigenvalue weighted by atomic mass is 32.1. The molecule has 2 aromatic heterocycles. The molecule has 0 unspecified atom stereocenters. The molecule has 1 aliphatic heterocycles. The van der Waals surface area contributed by atoms with Crippen LogP contribution in [0, 0.1) is 26.6 Å². The first-order valence-electron chi connectivity index (χ1n) is 11.9. The smallest absolute Gasteiger partial charge is 0.174 e. The van der Waals surface area contributed by atoms with E-state index in [2.05, 4.69) is 39.7 Å². The van der Waals surface area contributed by atoms with Gasteiger partial charge >= 0.3 is 0 Å². The predicted octanol–water partition coefficient (Wildman–Crippen LogP) is 6.63. The first-order valence-corrected chi connectivity index (χ1v) is 12.3. The Bertz CT molecular complexity index is 1170. The Morgan fingerprint density at radius 2 is 1.82 bits per heavy atom. The fraction of sp³-hybridized carbons (Fsp3) is 0.407. The average Bonchev–Trinajstić information content (AvgIpc) is 3.32. The molecule has 1 aliphatic carbocycles. The molecular formula is C27H31FN4S. The maximum atomic E-state index is 14.1. The molecule has 0 spiro atoms. The molecule has 2 atom stereocenters. The molecule has 1 saturated heterocycles. The largest absolute Gasteiger partial charge is 0.351 e. The number of benzene rings is 1. The number of pyridine rings is 1. The molecule has 1 N–H and O–H groups in total. The molecule has 2 aliphatic rings. The Morgan fingerprint density at radius 3 is 2.52 bits per heavy atom. The fourth-order valence-corrected chi connectivity index (χ4v) is 6.08. The maximum absolute atomic E-state index is 14.1. The number of aromatic nitrogens is 2. The molecule has 3 heterocycles. The molecule has 1 saturated carbocycles. The molecule has 0 bridgehead atoms. The highest BCUT2D eigenvalue weighted by molar-refractivity contribution is 7.80. The van der Waals surface area contributed by atoms with Gasteiger partial charge in [-0.1, -0.05) is 25.3 Å². The van der Waals surface area contributed by atoms with Crippen LogP contribution < -0.4 is 10.2 Å². The number of nitrogens with one attached hydrogen (secondary N) is 1. The van der Waals surface area contributed by atoms with Crippen molar-refractivity contribution < 1.29 is 4.39 Å². The Hall–Kier alpha value is -2.73. The van der Waals surface area contributed by atoms with Gasteiger partial charge in [0, 0.05) is 29.3 Å². The van der Waals surface area contributed by atoms with Crippen LogP contribution in [0.4, 0.5) is 10.1 Å². The lowest BCUT2D eigenvalue weighted by Crippen LogP contribution is -2.29. The molecule has 0 radical (unpaired) electrons. The van der Waals surface area contributed by atoms with Gasteiger partial charge in [0.15, 0.2) is 5.11 Å². The zero-order chi connectivity index (χ0) is 23.1. The summed E-state index contributed by atoms with van der Waals surface area (Å²) in [5, 5.41) is 4.17. The highest BCUT2D eigenvalue weighted by Crippen LogP contribution is 2.44. The summed E-state index contributed by atoms with van der Waals surface area (Å²) in [7, 11) is 0. The van der Waals surface area contributed by atoms with Gasteiger partial charge in [0.25, 0.3) is 0 Å². The van der Waals surface area contributed by atoms with Crippen molar-refractivity contribution >= 4 is 23.0 Å². The van der Waals surface area contributed by atoms with Gasteiger partial charge in [-0.2, -0.15) is 0 Å². The van der Waals surface area contributed by atoms with Gasteiger partial charge in [0.05, 0.1) is 17.8 Å². The molecule has 33 heavy (non-hydrogen) atoms. The van der Waals surface area contributed by atoms with Crippen molar-refractivity contribution in [1.29, 1.82) is 0 Å². The van der Waals surface area contributed by atoms with Gasteiger partial charge in [-0.3, -0.25) is 4.98 Å². The summed E-state index contributed by atoms with van der Waals surface area (Å²) in [5.41, 5.74) is 6.31. The van der Waals surface area contributed by atoms with Crippen molar-refractivity contribution in [3.63, 3.8) is 0 Å². The van der Waals surface area contributed by atoms with Gasteiger partial charge in [0.1, 0.15) is 5.82 Å². The minimum atomic E-state index is -0.204. The standard InChI is InChI=1S/C27H31FN4S/c1-17-15-21(12-13-23(17)28)32-26(25(30-27(32)33)24-11-7-8-14-29-24)22-16-18(2)31(19(22)3)20-9-5-4-6-10-20/h7-8,11-16,20,25-26H,4-6,9-10H2,1-3H3,(H,30,33)/t25-,26-/m1/s1. The van der Waals surface area contributed by atoms with E-state index in [1.807, 2.05) is 36.5 Å². The number of thiocarbonyl (C=S) groups is 1. The number of rotatable bonds is 4. The highest BCUT2D eigenvalue weighted by Gasteiger charge is 2.42. The van der Waals surface area contributed by atoms with Crippen molar-refractivity contribution in [1.82, 2.24) is 14.9 Å².